The van der Waals surface area contributed by atoms with Crippen LogP contribution >= 0.6 is 0 Å². The van der Waals surface area contributed by atoms with Crippen molar-refractivity contribution in [3.63, 3.8) is 0 Å². The molecule has 0 aromatic heterocycles. The highest BCUT2D eigenvalue weighted by molar-refractivity contribution is 5.80. The zero-order valence-electron chi connectivity index (χ0n) is 10.7. The van der Waals surface area contributed by atoms with Crippen molar-refractivity contribution < 1.29 is 4.74 Å². The van der Waals surface area contributed by atoms with E-state index < -0.39 is 0 Å². The third kappa shape index (κ3) is 2.15. The Balaban J connectivity index is 1.59. The van der Waals surface area contributed by atoms with Gasteiger partial charge in [-0.25, -0.2) is 0 Å². The van der Waals surface area contributed by atoms with E-state index in [1.807, 2.05) is 7.05 Å². The number of hydrogen-bond acceptors (Lipinski definition) is 2. The standard InChI is InChI=1S/C13H23N3O/c1-14-12(15-11-3-2-4-11)16-7-5-13(9-16)6-8-17-10-13/h11H,2-10H2,1H3,(H,14,15). The largest absolute Gasteiger partial charge is 0.381 e. The number of guanidine groups is 1. The first kappa shape index (κ1) is 11.3. The van der Waals surface area contributed by atoms with Gasteiger partial charge in [-0.1, -0.05) is 0 Å². The second-order valence-corrected chi connectivity index (χ2v) is 5.79. The Morgan fingerprint density at radius 2 is 2.29 bits per heavy atom. The minimum atomic E-state index is 0.428. The number of aliphatic imine (C=N–C) groups is 1. The molecule has 2 aliphatic heterocycles. The van der Waals surface area contributed by atoms with Gasteiger partial charge in [-0.05, 0) is 32.1 Å². The van der Waals surface area contributed by atoms with Crippen molar-refractivity contribution >= 4 is 5.96 Å². The Morgan fingerprint density at radius 3 is 2.88 bits per heavy atom. The Hall–Kier alpha value is -0.770. The SMILES string of the molecule is CN=C(NC1CCC1)N1CCC2(CCOC2)C1. The zero-order chi connectivity index (χ0) is 11.7. The molecular formula is C13H23N3O. The van der Waals surface area contributed by atoms with Crippen LogP contribution in [-0.4, -0.2) is 50.3 Å². The van der Waals surface area contributed by atoms with E-state index in [4.69, 9.17) is 4.74 Å². The smallest absolute Gasteiger partial charge is 0.193 e. The molecule has 0 bridgehead atoms. The van der Waals surface area contributed by atoms with E-state index in [0.29, 0.717) is 11.5 Å². The van der Waals surface area contributed by atoms with Crippen LogP contribution in [0.15, 0.2) is 4.99 Å². The quantitative estimate of drug-likeness (QED) is 0.550. The Morgan fingerprint density at radius 1 is 1.41 bits per heavy atom. The summed E-state index contributed by atoms with van der Waals surface area (Å²) in [5.74, 6) is 1.11. The van der Waals surface area contributed by atoms with Crippen LogP contribution in [0.2, 0.25) is 0 Å². The van der Waals surface area contributed by atoms with Gasteiger partial charge in [0.1, 0.15) is 0 Å². The monoisotopic (exact) mass is 237 g/mol. The van der Waals surface area contributed by atoms with Crippen molar-refractivity contribution in [2.45, 2.75) is 38.1 Å². The lowest BCUT2D eigenvalue weighted by molar-refractivity contribution is 0.156. The molecule has 1 saturated carbocycles. The molecule has 3 fully saturated rings. The van der Waals surface area contributed by atoms with Gasteiger partial charge in [-0.15, -0.1) is 0 Å². The average Bonchev–Trinajstić information content (AvgIpc) is 2.89. The van der Waals surface area contributed by atoms with E-state index in [1.54, 1.807) is 0 Å². The van der Waals surface area contributed by atoms with Crippen LogP contribution in [0, 0.1) is 5.41 Å². The summed E-state index contributed by atoms with van der Waals surface area (Å²) in [5.41, 5.74) is 0.428. The van der Waals surface area contributed by atoms with Gasteiger partial charge in [0.05, 0.1) is 6.61 Å². The summed E-state index contributed by atoms with van der Waals surface area (Å²) in [7, 11) is 1.90. The van der Waals surface area contributed by atoms with Gasteiger partial charge < -0.3 is 15.0 Å². The summed E-state index contributed by atoms with van der Waals surface area (Å²) in [5, 5.41) is 3.59. The number of rotatable bonds is 1. The molecule has 0 aromatic carbocycles. The molecule has 2 heterocycles. The van der Waals surface area contributed by atoms with Gasteiger partial charge in [0, 0.05) is 38.2 Å². The van der Waals surface area contributed by atoms with Crippen LogP contribution in [-0.2, 0) is 4.74 Å². The predicted octanol–water partition coefficient (Wildman–Crippen LogP) is 1.23. The van der Waals surface area contributed by atoms with Crippen LogP contribution in [0.4, 0.5) is 0 Å². The molecule has 2 saturated heterocycles. The van der Waals surface area contributed by atoms with Crippen molar-refractivity contribution in [3.8, 4) is 0 Å². The molecule has 4 nitrogen and oxygen atoms in total. The lowest BCUT2D eigenvalue weighted by Crippen LogP contribution is -2.48. The average molecular weight is 237 g/mol. The van der Waals surface area contributed by atoms with Crippen molar-refractivity contribution in [1.29, 1.82) is 0 Å². The molecule has 0 aromatic rings. The fourth-order valence-electron chi connectivity index (χ4n) is 3.12. The van der Waals surface area contributed by atoms with Gasteiger partial charge in [-0.2, -0.15) is 0 Å². The molecule has 1 spiro atoms. The second-order valence-electron chi connectivity index (χ2n) is 5.79. The van der Waals surface area contributed by atoms with Crippen LogP contribution < -0.4 is 5.32 Å². The number of nitrogens with one attached hydrogen (secondary N) is 1. The van der Waals surface area contributed by atoms with Gasteiger partial charge in [0.2, 0.25) is 0 Å². The van der Waals surface area contributed by atoms with Crippen molar-refractivity contribution in [3.05, 3.63) is 0 Å². The summed E-state index contributed by atoms with van der Waals surface area (Å²) in [6.45, 7) is 4.15. The second kappa shape index (κ2) is 4.48. The van der Waals surface area contributed by atoms with E-state index in [1.165, 1.54) is 32.1 Å². The maximum Gasteiger partial charge on any atom is 0.193 e. The molecule has 1 N–H and O–H groups in total. The Labute approximate surface area is 103 Å². The first-order valence-electron chi connectivity index (χ1n) is 6.87. The summed E-state index contributed by atoms with van der Waals surface area (Å²) < 4.78 is 5.57. The molecule has 4 heteroatoms. The fraction of sp³-hybridized carbons (Fsp3) is 0.923. The first-order chi connectivity index (χ1) is 8.31. The zero-order valence-corrected chi connectivity index (χ0v) is 10.7. The van der Waals surface area contributed by atoms with Gasteiger partial charge in [-0.3, -0.25) is 4.99 Å². The summed E-state index contributed by atoms with van der Waals surface area (Å²) >= 11 is 0. The third-order valence-electron chi connectivity index (χ3n) is 4.57. The number of hydrogen-bond donors (Lipinski definition) is 1. The van der Waals surface area contributed by atoms with Crippen molar-refractivity contribution in [2.75, 3.05) is 33.4 Å². The van der Waals surface area contributed by atoms with E-state index in [-0.39, 0.29) is 0 Å². The van der Waals surface area contributed by atoms with E-state index in [2.05, 4.69) is 15.2 Å². The number of nitrogens with zero attached hydrogens (tertiary/aromatic N) is 2. The lowest BCUT2D eigenvalue weighted by Gasteiger charge is -2.32. The molecule has 1 unspecified atom stereocenters. The first-order valence-corrected chi connectivity index (χ1v) is 6.87. The maximum atomic E-state index is 5.57. The third-order valence-corrected chi connectivity index (χ3v) is 4.57. The van der Waals surface area contributed by atoms with Gasteiger partial charge in [0.15, 0.2) is 5.96 Å². The molecular weight excluding hydrogens is 214 g/mol. The minimum absolute atomic E-state index is 0.428. The topological polar surface area (TPSA) is 36.9 Å². The van der Waals surface area contributed by atoms with Crippen LogP contribution in [0.1, 0.15) is 32.1 Å². The molecule has 3 rings (SSSR count). The van der Waals surface area contributed by atoms with E-state index in [0.717, 1.165) is 32.3 Å². The van der Waals surface area contributed by atoms with Gasteiger partial charge >= 0.3 is 0 Å². The highest BCUT2D eigenvalue weighted by Crippen LogP contribution is 2.38. The van der Waals surface area contributed by atoms with E-state index >= 15 is 0 Å². The molecule has 96 valence electrons. The van der Waals surface area contributed by atoms with Gasteiger partial charge in [0.25, 0.3) is 0 Å². The molecule has 1 aliphatic carbocycles. The fourth-order valence-corrected chi connectivity index (χ4v) is 3.12. The molecule has 1 atom stereocenters. The number of likely N-dealkylation sites (tertiary alicyclic amines) is 1. The summed E-state index contributed by atoms with van der Waals surface area (Å²) in [6, 6.07) is 0.671. The predicted molar refractivity (Wildman–Crippen MR) is 68.2 cm³/mol. The van der Waals surface area contributed by atoms with E-state index in [9.17, 15) is 0 Å². The van der Waals surface area contributed by atoms with Crippen LogP contribution in [0.3, 0.4) is 0 Å². The molecule has 0 radical (unpaired) electrons. The van der Waals surface area contributed by atoms with Crippen molar-refractivity contribution in [2.24, 2.45) is 10.4 Å². The highest BCUT2D eigenvalue weighted by atomic mass is 16.5. The normalized spacial score (nSPS) is 34.4. The molecule has 3 aliphatic rings. The Kier molecular flexibility index (Phi) is 2.99. The molecule has 0 amide bonds. The summed E-state index contributed by atoms with van der Waals surface area (Å²) in [6.07, 6.45) is 6.47. The highest BCUT2D eigenvalue weighted by Gasteiger charge is 2.42. The molecule has 17 heavy (non-hydrogen) atoms. The lowest BCUT2D eigenvalue weighted by atomic mass is 9.87. The van der Waals surface area contributed by atoms with Crippen LogP contribution in [0.25, 0.3) is 0 Å². The minimum Gasteiger partial charge on any atom is -0.381 e. The Bertz CT molecular complexity index is 306. The summed E-state index contributed by atoms with van der Waals surface area (Å²) in [4.78, 5) is 6.86. The van der Waals surface area contributed by atoms with Crippen LogP contribution in [0.5, 0.6) is 0 Å². The maximum absolute atomic E-state index is 5.57. The number of ether oxygens (including phenoxy) is 1. The van der Waals surface area contributed by atoms with Crippen molar-refractivity contribution in [1.82, 2.24) is 10.2 Å².